The normalized spacial score (nSPS) is 10.0. The predicted octanol–water partition coefficient (Wildman–Crippen LogP) is 3.10. The van der Waals surface area contributed by atoms with Gasteiger partial charge in [-0.2, -0.15) is 0 Å². The predicted molar refractivity (Wildman–Crippen MR) is 65.0 cm³/mol. The molecule has 0 heterocycles. The van der Waals surface area contributed by atoms with Crippen LogP contribution >= 0.6 is 23.5 Å². The van der Waals surface area contributed by atoms with Crippen LogP contribution in [0.2, 0.25) is 0 Å². The third kappa shape index (κ3) is 5.04. The highest BCUT2D eigenvalue weighted by Crippen LogP contribution is 2.20. The lowest BCUT2D eigenvalue weighted by atomic mass is 10.2. The lowest BCUT2D eigenvalue weighted by Gasteiger charge is -2.00. The molecule has 0 unspecified atom stereocenters. The molecule has 0 saturated heterocycles. The molecule has 0 N–H and O–H groups in total. The number of carbonyl (C=O) groups excluding carboxylic acids is 2. The molecule has 0 aromatic heterocycles. The number of hydrogen-bond donors (Lipinski definition) is 0. The van der Waals surface area contributed by atoms with E-state index in [1.165, 1.54) is 23.5 Å². The Bertz CT molecular complexity index is 357. The molecule has 15 heavy (non-hydrogen) atoms. The molecular formula is C11H12O2S2. The van der Waals surface area contributed by atoms with Crippen LogP contribution in [0.3, 0.4) is 0 Å². The SMILES string of the molecule is CC(=O)SCc1ccc(SC(C)=O)cc1. The molecule has 1 aromatic rings. The molecule has 2 nitrogen and oxygen atoms in total. The van der Waals surface area contributed by atoms with Crippen molar-refractivity contribution in [1.82, 2.24) is 0 Å². The summed E-state index contributed by atoms with van der Waals surface area (Å²) in [6, 6.07) is 7.70. The fourth-order valence-electron chi connectivity index (χ4n) is 1.00. The molecule has 1 aromatic carbocycles. The molecule has 0 aliphatic heterocycles. The molecule has 0 spiro atoms. The van der Waals surface area contributed by atoms with Gasteiger partial charge in [-0.15, -0.1) is 0 Å². The Labute approximate surface area is 97.8 Å². The highest BCUT2D eigenvalue weighted by atomic mass is 32.2. The maximum atomic E-state index is 10.8. The van der Waals surface area contributed by atoms with Crippen LogP contribution in [0.4, 0.5) is 0 Å². The van der Waals surface area contributed by atoms with Gasteiger partial charge in [0.05, 0.1) is 0 Å². The van der Waals surface area contributed by atoms with E-state index in [2.05, 4.69) is 0 Å². The first-order valence-corrected chi connectivity index (χ1v) is 6.29. The van der Waals surface area contributed by atoms with Crippen LogP contribution in [0, 0.1) is 0 Å². The van der Waals surface area contributed by atoms with Gasteiger partial charge in [0, 0.05) is 24.5 Å². The number of carbonyl (C=O) groups is 2. The minimum atomic E-state index is 0.0841. The molecule has 1 rings (SSSR count). The van der Waals surface area contributed by atoms with Crippen molar-refractivity contribution < 1.29 is 9.59 Å². The van der Waals surface area contributed by atoms with E-state index in [0.717, 1.165) is 10.5 Å². The summed E-state index contributed by atoms with van der Waals surface area (Å²) < 4.78 is 0. The Kier molecular flexibility index (Phi) is 4.91. The van der Waals surface area contributed by atoms with Crippen molar-refractivity contribution in [2.75, 3.05) is 0 Å². The lowest BCUT2D eigenvalue weighted by Crippen LogP contribution is -1.86. The van der Waals surface area contributed by atoms with E-state index >= 15 is 0 Å². The minimum Gasteiger partial charge on any atom is -0.288 e. The van der Waals surface area contributed by atoms with Gasteiger partial charge in [-0.1, -0.05) is 35.7 Å². The molecule has 0 amide bonds. The first kappa shape index (κ1) is 12.3. The van der Waals surface area contributed by atoms with Gasteiger partial charge in [0.1, 0.15) is 0 Å². The lowest BCUT2D eigenvalue weighted by molar-refractivity contribution is -0.109. The summed E-state index contributed by atoms with van der Waals surface area (Å²) in [6.45, 7) is 3.11. The van der Waals surface area contributed by atoms with Crippen LogP contribution in [0.1, 0.15) is 19.4 Å². The van der Waals surface area contributed by atoms with E-state index in [1.807, 2.05) is 24.3 Å². The quantitative estimate of drug-likeness (QED) is 0.760. The van der Waals surface area contributed by atoms with E-state index < -0.39 is 0 Å². The van der Waals surface area contributed by atoms with Crippen molar-refractivity contribution in [2.45, 2.75) is 24.5 Å². The van der Waals surface area contributed by atoms with E-state index in [1.54, 1.807) is 13.8 Å². The van der Waals surface area contributed by atoms with Gasteiger partial charge in [0.25, 0.3) is 0 Å². The Morgan fingerprint density at radius 2 is 1.67 bits per heavy atom. The number of rotatable bonds is 3. The van der Waals surface area contributed by atoms with Crippen molar-refractivity contribution in [3.8, 4) is 0 Å². The molecule has 0 fully saturated rings. The first-order chi connectivity index (χ1) is 7.08. The molecule has 0 radical (unpaired) electrons. The van der Waals surface area contributed by atoms with Gasteiger partial charge in [0.2, 0.25) is 0 Å². The Hall–Kier alpha value is -0.740. The minimum absolute atomic E-state index is 0.0841. The second-order valence-corrected chi connectivity index (χ2v) is 5.42. The van der Waals surface area contributed by atoms with Crippen LogP contribution in [-0.4, -0.2) is 10.2 Å². The number of hydrogen-bond acceptors (Lipinski definition) is 4. The van der Waals surface area contributed by atoms with Gasteiger partial charge >= 0.3 is 0 Å². The van der Waals surface area contributed by atoms with Crippen molar-refractivity contribution in [1.29, 1.82) is 0 Å². The van der Waals surface area contributed by atoms with Gasteiger partial charge in [-0.3, -0.25) is 9.59 Å². The first-order valence-electron chi connectivity index (χ1n) is 4.48. The van der Waals surface area contributed by atoms with Gasteiger partial charge in [0.15, 0.2) is 10.2 Å². The van der Waals surface area contributed by atoms with Crippen LogP contribution in [0.5, 0.6) is 0 Å². The summed E-state index contributed by atoms with van der Waals surface area (Å²) in [5.41, 5.74) is 1.10. The van der Waals surface area contributed by atoms with Gasteiger partial charge < -0.3 is 0 Å². The summed E-state index contributed by atoms with van der Waals surface area (Å²) in [6.07, 6.45) is 0. The van der Waals surface area contributed by atoms with Crippen LogP contribution in [-0.2, 0) is 15.3 Å². The molecule has 0 aliphatic rings. The standard InChI is InChI=1S/C11H12O2S2/c1-8(12)14-7-10-3-5-11(6-4-10)15-9(2)13/h3-6H,7H2,1-2H3. The monoisotopic (exact) mass is 240 g/mol. The molecule has 0 bridgehead atoms. The summed E-state index contributed by atoms with van der Waals surface area (Å²) in [7, 11) is 0. The Morgan fingerprint density at radius 1 is 1.07 bits per heavy atom. The van der Waals surface area contributed by atoms with Crippen LogP contribution in [0.25, 0.3) is 0 Å². The summed E-state index contributed by atoms with van der Waals surface area (Å²) >= 11 is 2.51. The fourth-order valence-corrected chi connectivity index (χ4v) is 2.17. The van der Waals surface area contributed by atoms with Gasteiger partial charge in [-0.05, 0) is 17.7 Å². The molecule has 0 aliphatic carbocycles. The largest absolute Gasteiger partial charge is 0.288 e. The third-order valence-corrected chi connectivity index (χ3v) is 3.31. The van der Waals surface area contributed by atoms with E-state index in [-0.39, 0.29) is 10.2 Å². The van der Waals surface area contributed by atoms with Gasteiger partial charge in [-0.25, -0.2) is 0 Å². The topological polar surface area (TPSA) is 34.1 Å². The number of benzene rings is 1. The molecular weight excluding hydrogens is 228 g/mol. The molecule has 0 saturated carbocycles. The fraction of sp³-hybridized carbons (Fsp3) is 0.273. The Balaban J connectivity index is 2.56. The zero-order valence-corrected chi connectivity index (χ0v) is 10.3. The highest BCUT2D eigenvalue weighted by Gasteiger charge is 2.00. The van der Waals surface area contributed by atoms with Crippen molar-refractivity contribution >= 4 is 33.8 Å². The van der Waals surface area contributed by atoms with Crippen molar-refractivity contribution in [2.24, 2.45) is 0 Å². The maximum absolute atomic E-state index is 10.8. The highest BCUT2D eigenvalue weighted by molar-refractivity contribution is 8.13. The molecule has 80 valence electrons. The van der Waals surface area contributed by atoms with Crippen LogP contribution < -0.4 is 0 Å². The zero-order chi connectivity index (χ0) is 11.3. The molecule has 4 heteroatoms. The van der Waals surface area contributed by atoms with Crippen LogP contribution in [0.15, 0.2) is 29.2 Å². The summed E-state index contributed by atoms with van der Waals surface area (Å²) in [5.74, 6) is 0.695. The third-order valence-electron chi connectivity index (χ3n) is 1.63. The maximum Gasteiger partial charge on any atom is 0.190 e. The average molecular weight is 240 g/mol. The number of thioether (sulfide) groups is 2. The summed E-state index contributed by atoms with van der Waals surface area (Å²) in [5, 5.41) is 0.207. The van der Waals surface area contributed by atoms with Crippen molar-refractivity contribution in [3.05, 3.63) is 29.8 Å². The zero-order valence-electron chi connectivity index (χ0n) is 8.65. The molecule has 0 atom stereocenters. The summed E-state index contributed by atoms with van der Waals surface area (Å²) in [4.78, 5) is 22.5. The second kappa shape index (κ2) is 5.98. The van der Waals surface area contributed by atoms with E-state index in [9.17, 15) is 9.59 Å². The smallest absolute Gasteiger partial charge is 0.190 e. The van der Waals surface area contributed by atoms with E-state index in [4.69, 9.17) is 0 Å². The second-order valence-electron chi connectivity index (χ2n) is 3.02. The van der Waals surface area contributed by atoms with E-state index in [0.29, 0.717) is 5.75 Å². The average Bonchev–Trinajstić information content (AvgIpc) is 2.16. The Morgan fingerprint density at radius 3 is 2.13 bits per heavy atom. The van der Waals surface area contributed by atoms with Crippen molar-refractivity contribution in [3.63, 3.8) is 0 Å².